The number of benzene rings is 1. The Morgan fingerprint density at radius 1 is 1.38 bits per heavy atom. The fourth-order valence-corrected chi connectivity index (χ4v) is 1.24. The van der Waals surface area contributed by atoms with Crippen molar-refractivity contribution in [2.45, 2.75) is 6.61 Å². The van der Waals surface area contributed by atoms with Gasteiger partial charge in [0, 0.05) is 5.56 Å². The molecule has 2 rings (SSSR count). The fourth-order valence-electron chi connectivity index (χ4n) is 1.13. The van der Waals surface area contributed by atoms with Crippen LogP contribution in [0.15, 0.2) is 28.8 Å². The van der Waals surface area contributed by atoms with Crippen molar-refractivity contribution < 1.29 is 18.0 Å². The third kappa shape index (κ3) is 2.46. The number of alkyl halides is 2. The monoisotopic (exact) mass is 246 g/mol. The summed E-state index contributed by atoms with van der Waals surface area (Å²) in [5.74, 6) is 0.159. The molecular formula is C9H5ClF2N2O2. The second kappa shape index (κ2) is 4.44. The van der Waals surface area contributed by atoms with Crippen LogP contribution in [0.3, 0.4) is 0 Å². The van der Waals surface area contributed by atoms with Gasteiger partial charge in [-0.25, -0.2) is 0 Å². The summed E-state index contributed by atoms with van der Waals surface area (Å²) >= 11 is 5.47. The highest BCUT2D eigenvalue weighted by atomic mass is 35.5. The zero-order chi connectivity index (χ0) is 11.5. The highest BCUT2D eigenvalue weighted by Crippen LogP contribution is 2.24. The van der Waals surface area contributed by atoms with Crippen molar-refractivity contribution in [3.05, 3.63) is 29.5 Å². The quantitative estimate of drug-likeness (QED) is 0.835. The lowest BCUT2D eigenvalue weighted by atomic mass is 10.2. The van der Waals surface area contributed by atoms with Crippen LogP contribution in [0.5, 0.6) is 5.75 Å². The maximum atomic E-state index is 12.0. The summed E-state index contributed by atoms with van der Waals surface area (Å²) in [7, 11) is 0. The Morgan fingerprint density at radius 3 is 2.81 bits per heavy atom. The first-order valence-corrected chi connectivity index (χ1v) is 4.57. The summed E-state index contributed by atoms with van der Waals surface area (Å²) in [4.78, 5) is 3.75. The van der Waals surface area contributed by atoms with E-state index in [1.165, 1.54) is 18.2 Å². The summed E-state index contributed by atoms with van der Waals surface area (Å²) in [5, 5.41) is 3.33. The zero-order valence-corrected chi connectivity index (χ0v) is 8.49. The molecule has 0 N–H and O–H groups in total. The van der Waals surface area contributed by atoms with Gasteiger partial charge in [0.1, 0.15) is 5.75 Å². The molecule has 4 nitrogen and oxygen atoms in total. The normalized spacial score (nSPS) is 10.8. The molecule has 0 spiro atoms. The van der Waals surface area contributed by atoms with E-state index in [0.29, 0.717) is 5.56 Å². The van der Waals surface area contributed by atoms with Crippen LogP contribution in [0.1, 0.15) is 0 Å². The van der Waals surface area contributed by atoms with Crippen LogP contribution < -0.4 is 4.74 Å². The Bertz CT molecular complexity index is 490. The van der Waals surface area contributed by atoms with Gasteiger partial charge in [-0.3, -0.25) is 0 Å². The van der Waals surface area contributed by atoms with Crippen molar-refractivity contribution >= 4 is 11.6 Å². The van der Waals surface area contributed by atoms with E-state index >= 15 is 0 Å². The van der Waals surface area contributed by atoms with E-state index in [4.69, 9.17) is 16.1 Å². The van der Waals surface area contributed by atoms with E-state index in [-0.39, 0.29) is 16.9 Å². The lowest BCUT2D eigenvalue weighted by molar-refractivity contribution is -0.0498. The Balaban J connectivity index is 2.28. The minimum atomic E-state index is -2.87. The third-order valence-corrected chi connectivity index (χ3v) is 1.86. The molecule has 0 aliphatic rings. The summed E-state index contributed by atoms with van der Waals surface area (Å²) in [6, 6.07) is 5.90. The SMILES string of the molecule is FC(F)Oc1cccc(-c2nc(Cl)no2)c1. The van der Waals surface area contributed by atoms with Gasteiger partial charge >= 0.3 is 6.61 Å². The number of aromatic nitrogens is 2. The summed E-state index contributed by atoms with van der Waals surface area (Å²) < 4.78 is 32.9. The van der Waals surface area contributed by atoms with Crippen LogP contribution in [-0.4, -0.2) is 16.8 Å². The molecule has 0 saturated heterocycles. The van der Waals surface area contributed by atoms with Crippen LogP contribution in [0.4, 0.5) is 8.78 Å². The van der Waals surface area contributed by atoms with Crippen LogP contribution in [-0.2, 0) is 0 Å². The second-order valence-corrected chi connectivity index (χ2v) is 3.11. The smallest absolute Gasteiger partial charge is 0.387 e. The van der Waals surface area contributed by atoms with E-state index in [2.05, 4.69) is 14.9 Å². The largest absolute Gasteiger partial charge is 0.435 e. The van der Waals surface area contributed by atoms with Crippen molar-refractivity contribution in [3.8, 4) is 17.2 Å². The predicted octanol–water partition coefficient (Wildman–Crippen LogP) is 2.99. The average molecular weight is 247 g/mol. The summed E-state index contributed by atoms with van der Waals surface area (Å²) in [6.07, 6.45) is 0. The Kier molecular flexibility index (Phi) is 3.00. The Morgan fingerprint density at radius 2 is 2.19 bits per heavy atom. The molecule has 1 aromatic carbocycles. The molecule has 0 radical (unpaired) electrons. The number of nitrogens with zero attached hydrogens (tertiary/aromatic N) is 2. The van der Waals surface area contributed by atoms with Gasteiger partial charge in [-0.05, 0) is 35.0 Å². The number of ether oxygens (including phenoxy) is 1. The van der Waals surface area contributed by atoms with Crippen molar-refractivity contribution in [1.82, 2.24) is 10.1 Å². The van der Waals surface area contributed by atoms with Crippen LogP contribution in [0.25, 0.3) is 11.5 Å². The highest BCUT2D eigenvalue weighted by molar-refractivity contribution is 6.28. The minimum absolute atomic E-state index is 0.0156. The van der Waals surface area contributed by atoms with E-state index in [9.17, 15) is 8.78 Å². The molecule has 1 heterocycles. The lowest BCUT2D eigenvalue weighted by Crippen LogP contribution is -2.01. The topological polar surface area (TPSA) is 48.2 Å². The van der Waals surface area contributed by atoms with Crippen molar-refractivity contribution in [2.24, 2.45) is 0 Å². The predicted molar refractivity (Wildman–Crippen MR) is 51.4 cm³/mol. The molecular weight excluding hydrogens is 242 g/mol. The molecule has 0 aliphatic carbocycles. The van der Waals surface area contributed by atoms with Crippen molar-refractivity contribution in [3.63, 3.8) is 0 Å². The van der Waals surface area contributed by atoms with Gasteiger partial charge in [0.05, 0.1) is 0 Å². The molecule has 0 atom stereocenters. The third-order valence-electron chi connectivity index (χ3n) is 1.71. The molecule has 0 unspecified atom stereocenters. The van der Waals surface area contributed by atoms with Gasteiger partial charge in [0.25, 0.3) is 11.2 Å². The number of halogens is 3. The maximum absolute atomic E-state index is 12.0. The molecule has 0 fully saturated rings. The molecule has 84 valence electrons. The first-order valence-electron chi connectivity index (χ1n) is 4.19. The fraction of sp³-hybridized carbons (Fsp3) is 0.111. The molecule has 2 aromatic rings. The first kappa shape index (κ1) is 10.8. The van der Waals surface area contributed by atoms with Gasteiger partial charge in [-0.2, -0.15) is 13.8 Å². The maximum Gasteiger partial charge on any atom is 0.387 e. The van der Waals surface area contributed by atoms with E-state index in [1.807, 2.05) is 0 Å². The molecule has 7 heteroatoms. The standard InChI is InChI=1S/C9H5ClF2N2O2/c10-8-13-7(16-14-8)5-2-1-3-6(4-5)15-9(11)12/h1-4,9H. The van der Waals surface area contributed by atoms with Gasteiger partial charge in [-0.1, -0.05) is 6.07 Å². The van der Waals surface area contributed by atoms with Crippen LogP contribution in [0.2, 0.25) is 5.28 Å². The first-order chi connectivity index (χ1) is 7.65. The number of hydrogen-bond donors (Lipinski definition) is 0. The minimum Gasteiger partial charge on any atom is -0.435 e. The van der Waals surface area contributed by atoms with Gasteiger partial charge in [0.15, 0.2) is 0 Å². The second-order valence-electron chi connectivity index (χ2n) is 2.77. The van der Waals surface area contributed by atoms with Crippen molar-refractivity contribution in [1.29, 1.82) is 0 Å². The average Bonchev–Trinajstić information content (AvgIpc) is 2.64. The molecule has 0 aliphatic heterocycles. The van der Waals surface area contributed by atoms with Gasteiger partial charge < -0.3 is 9.26 Å². The Labute approximate surface area is 93.8 Å². The molecule has 0 bridgehead atoms. The number of rotatable bonds is 3. The molecule has 0 saturated carbocycles. The van der Waals surface area contributed by atoms with Gasteiger partial charge in [0.2, 0.25) is 0 Å². The van der Waals surface area contributed by atoms with E-state index < -0.39 is 6.61 Å². The van der Waals surface area contributed by atoms with E-state index in [1.54, 1.807) is 6.07 Å². The van der Waals surface area contributed by atoms with Crippen LogP contribution >= 0.6 is 11.6 Å². The lowest BCUT2D eigenvalue weighted by Gasteiger charge is -2.04. The molecule has 1 aromatic heterocycles. The van der Waals surface area contributed by atoms with Crippen LogP contribution in [0, 0.1) is 0 Å². The van der Waals surface area contributed by atoms with Gasteiger partial charge in [-0.15, -0.1) is 0 Å². The summed E-state index contributed by atoms with van der Waals surface area (Å²) in [6.45, 7) is -2.87. The number of hydrogen-bond acceptors (Lipinski definition) is 4. The molecule has 16 heavy (non-hydrogen) atoms. The highest BCUT2D eigenvalue weighted by Gasteiger charge is 2.10. The Hall–Kier alpha value is -1.69. The zero-order valence-electron chi connectivity index (χ0n) is 7.73. The van der Waals surface area contributed by atoms with E-state index in [0.717, 1.165) is 0 Å². The molecule has 0 amide bonds. The van der Waals surface area contributed by atoms with Crippen molar-refractivity contribution in [2.75, 3.05) is 0 Å². The summed E-state index contributed by atoms with van der Waals surface area (Å²) in [5.41, 5.74) is 0.456.